The Morgan fingerprint density at radius 2 is 1.92 bits per heavy atom. The highest BCUT2D eigenvalue weighted by atomic mass is 32.2. The average Bonchev–Trinajstić information content (AvgIpc) is 2.01. The lowest BCUT2D eigenvalue weighted by atomic mass is 9.94. The molecule has 0 saturated carbocycles. The molecular formula is C11H16OS. The van der Waals surface area contributed by atoms with Crippen LogP contribution in [0.3, 0.4) is 0 Å². The number of thioether (sulfide) groups is 1. The Morgan fingerprint density at radius 1 is 1.31 bits per heavy atom. The summed E-state index contributed by atoms with van der Waals surface area (Å²) in [5.74, 6) is 0. The van der Waals surface area contributed by atoms with Crippen molar-refractivity contribution in [3.63, 3.8) is 0 Å². The molecule has 0 bridgehead atoms. The van der Waals surface area contributed by atoms with Crippen molar-refractivity contribution in [3.8, 4) is 0 Å². The first kappa shape index (κ1) is 10.6. The first-order valence-corrected chi connectivity index (χ1v) is 5.55. The Kier molecular flexibility index (Phi) is 3.04. The van der Waals surface area contributed by atoms with Crippen LogP contribution >= 0.6 is 11.8 Å². The molecule has 0 amide bonds. The minimum atomic E-state index is -0.735. The first-order valence-electron chi connectivity index (χ1n) is 4.32. The van der Waals surface area contributed by atoms with Gasteiger partial charge >= 0.3 is 0 Å². The number of hydrogen-bond acceptors (Lipinski definition) is 2. The zero-order valence-electron chi connectivity index (χ0n) is 8.59. The molecule has 0 spiro atoms. The Bertz CT molecular complexity index is 299. The molecule has 0 aliphatic carbocycles. The molecule has 0 heterocycles. The van der Waals surface area contributed by atoms with Gasteiger partial charge in [0.1, 0.15) is 0 Å². The van der Waals surface area contributed by atoms with Crippen molar-refractivity contribution in [2.24, 2.45) is 0 Å². The molecule has 1 aromatic rings. The molecule has 2 heteroatoms. The van der Waals surface area contributed by atoms with Crippen molar-refractivity contribution >= 4 is 11.8 Å². The predicted molar refractivity (Wildman–Crippen MR) is 58.2 cm³/mol. The van der Waals surface area contributed by atoms with E-state index < -0.39 is 5.60 Å². The molecule has 0 unspecified atom stereocenters. The van der Waals surface area contributed by atoms with E-state index >= 15 is 0 Å². The van der Waals surface area contributed by atoms with Crippen LogP contribution in [0.15, 0.2) is 23.1 Å². The van der Waals surface area contributed by atoms with Crippen LogP contribution < -0.4 is 0 Å². The van der Waals surface area contributed by atoms with Crippen LogP contribution in [0.4, 0.5) is 0 Å². The van der Waals surface area contributed by atoms with Gasteiger partial charge in [-0.25, -0.2) is 0 Å². The van der Waals surface area contributed by atoms with Gasteiger partial charge in [-0.15, -0.1) is 11.8 Å². The molecule has 0 aromatic heterocycles. The topological polar surface area (TPSA) is 20.2 Å². The van der Waals surface area contributed by atoms with Crippen LogP contribution in [0.2, 0.25) is 0 Å². The lowest BCUT2D eigenvalue weighted by molar-refractivity contribution is 0.0779. The summed E-state index contributed by atoms with van der Waals surface area (Å²) < 4.78 is 0. The Labute approximate surface area is 84.2 Å². The summed E-state index contributed by atoms with van der Waals surface area (Å²) in [7, 11) is 0. The number of aliphatic hydroxyl groups is 1. The molecule has 0 aliphatic rings. The lowest BCUT2D eigenvalue weighted by Crippen LogP contribution is -2.16. The van der Waals surface area contributed by atoms with Crippen LogP contribution in [-0.4, -0.2) is 11.4 Å². The average molecular weight is 196 g/mol. The van der Waals surface area contributed by atoms with Gasteiger partial charge in [-0.05, 0) is 50.3 Å². The third-order valence-electron chi connectivity index (χ3n) is 2.09. The molecule has 1 nitrogen and oxygen atoms in total. The maximum absolute atomic E-state index is 9.83. The van der Waals surface area contributed by atoms with E-state index in [2.05, 4.69) is 12.3 Å². The molecule has 1 N–H and O–H groups in total. The highest BCUT2D eigenvalue weighted by molar-refractivity contribution is 7.98. The third-order valence-corrected chi connectivity index (χ3v) is 2.82. The number of hydrogen-bond donors (Lipinski definition) is 1. The summed E-state index contributed by atoms with van der Waals surface area (Å²) in [6, 6.07) is 6.16. The summed E-state index contributed by atoms with van der Waals surface area (Å²) in [6.07, 6.45) is 2.05. The van der Waals surface area contributed by atoms with Crippen molar-refractivity contribution < 1.29 is 5.11 Å². The largest absolute Gasteiger partial charge is 0.386 e. The molecule has 0 radical (unpaired) electrons. The summed E-state index contributed by atoms with van der Waals surface area (Å²) in [6.45, 7) is 5.66. The molecule has 72 valence electrons. The minimum Gasteiger partial charge on any atom is -0.386 e. The molecule has 1 aromatic carbocycles. The summed E-state index contributed by atoms with van der Waals surface area (Å²) in [4.78, 5) is 1.24. The van der Waals surface area contributed by atoms with Gasteiger partial charge in [-0.2, -0.15) is 0 Å². The van der Waals surface area contributed by atoms with Gasteiger partial charge < -0.3 is 5.11 Å². The van der Waals surface area contributed by atoms with Crippen molar-refractivity contribution in [1.82, 2.24) is 0 Å². The van der Waals surface area contributed by atoms with Gasteiger partial charge in [0.05, 0.1) is 5.60 Å². The fourth-order valence-corrected chi connectivity index (χ4v) is 1.95. The molecule has 1 rings (SSSR count). The molecular weight excluding hydrogens is 180 g/mol. The third kappa shape index (κ3) is 2.48. The van der Waals surface area contributed by atoms with Gasteiger partial charge in [0.15, 0.2) is 0 Å². The standard InChI is InChI=1S/C11H16OS/c1-8-7-9(13-4)5-6-10(8)11(2,3)12/h5-7,12H,1-4H3. The Hall–Kier alpha value is -0.470. The van der Waals surface area contributed by atoms with Crippen molar-refractivity contribution in [1.29, 1.82) is 0 Å². The van der Waals surface area contributed by atoms with E-state index in [1.54, 1.807) is 11.8 Å². The highest BCUT2D eigenvalue weighted by Crippen LogP contribution is 2.26. The smallest absolute Gasteiger partial charge is 0.0843 e. The Balaban J connectivity index is 3.13. The highest BCUT2D eigenvalue weighted by Gasteiger charge is 2.17. The van der Waals surface area contributed by atoms with E-state index in [4.69, 9.17) is 0 Å². The molecule has 0 atom stereocenters. The van der Waals surface area contributed by atoms with E-state index in [0.717, 1.165) is 11.1 Å². The van der Waals surface area contributed by atoms with E-state index in [-0.39, 0.29) is 0 Å². The van der Waals surface area contributed by atoms with Gasteiger partial charge in [0, 0.05) is 4.90 Å². The van der Waals surface area contributed by atoms with Crippen LogP contribution in [0, 0.1) is 6.92 Å². The van der Waals surface area contributed by atoms with Crippen LogP contribution in [0.1, 0.15) is 25.0 Å². The van der Waals surface area contributed by atoms with E-state index in [9.17, 15) is 5.11 Å². The molecule has 0 saturated heterocycles. The number of aryl methyl sites for hydroxylation is 1. The molecule has 0 fully saturated rings. The second-order valence-electron chi connectivity index (χ2n) is 3.74. The fourth-order valence-electron chi connectivity index (χ4n) is 1.45. The van der Waals surface area contributed by atoms with Gasteiger partial charge in [0.25, 0.3) is 0 Å². The van der Waals surface area contributed by atoms with Crippen LogP contribution in [0.25, 0.3) is 0 Å². The monoisotopic (exact) mass is 196 g/mol. The summed E-state index contributed by atoms with van der Waals surface area (Å²) >= 11 is 1.72. The maximum Gasteiger partial charge on any atom is 0.0843 e. The number of rotatable bonds is 2. The van der Waals surface area contributed by atoms with Crippen LogP contribution in [-0.2, 0) is 5.60 Å². The SMILES string of the molecule is CSc1ccc(C(C)(C)O)c(C)c1. The second kappa shape index (κ2) is 3.72. The lowest BCUT2D eigenvalue weighted by Gasteiger charge is -2.20. The van der Waals surface area contributed by atoms with E-state index in [0.29, 0.717) is 0 Å². The van der Waals surface area contributed by atoms with Crippen molar-refractivity contribution in [3.05, 3.63) is 29.3 Å². The maximum atomic E-state index is 9.83. The van der Waals surface area contributed by atoms with E-state index in [1.807, 2.05) is 32.9 Å². The molecule has 0 aliphatic heterocycles. The van der Waals surface area contributed by atoms with Crippen molar-refractivity contribution in [2.75, 3.05) is 6.26 Å². The zero-order chi connectivity index (χ0) is 10.1. The fraction of sp³-hybridized carbons (Fsp3) is 0.455. The van der Waals surface area contributed by atoms with Gasteiger partial charge in [-0.1, -0.05) is 6.07 Å². The van der Waals surface area contributed by atoms with E-state index in [1.165, 1.54) is 4.90 Å². The minimum absolute atomic E-state index is 0.735. The summed E-state index contributed by atoms with van der Waals surface area (Å²) in [5, 5.41) is 9.83. The zero-order valence-corrected chi connectivity index (χ0v) is 9.40. The predicted octanol–water partition coefficient (Wildman–Crippen LogP) is 2.94. The van der Waals surface area contributed by atoms with Crippen molar-refractivity contribution in [2.45, 2.75) is 31.3 Å². The quantitative estimate of drug-likeness (QED) is 0.734. The number of benzene rings is 1. The Morgan fingerprint density at radius 3 is 2.31 bits per heavy atom. The first-order chi connectivity index (χ1) is 5.95. The van der Waals surface area contributed by atoms with Gasteiger partial charge in [-0.3, -0.25) is 0 Å². The normalized spacial score (nSPS) is 11.8. The second-order valence-corrected chi connectivity index (χ2v) is 4.62. The van der Waals surface area contributed by atoms with Crippen LogP contribution in [0.5, 0.6) is 0 Å². The summed E-state index contributed by atoms with van der Waals surface area (Å²) in [5.41, 5.74) is 1.42. The van der Waals surface area contributed by atoms with Gasteiger partial charge in [0.2, 0.25) is 0 Å². The molecule has 13 heavy (non-hydrogen) atoms.